The molecular weight excluding hydrogens is 256 g/mol. The number of hydrogen-bond donors (Lipinski definition) is 2. The van der Waals surface area contributed by atoms with E-state index in [1.807, 2.05) is 0 Å². The first-order valence-electron chi connectivity index (χ1n) is 7.01. The largest absolute Gasteiger partial charge is 0.508 e. The molecule has 0 heterocycles. The lowest BCUT2D eigenvalue weighted by molar-refractivity contribution is -0.384. The summed E-state index contributed by atoms with van der Waals surface area (Å²) < 4.78 is 0. The Labute approximate surface area is 119 Å². The maximum absolute atomic E-state index is 11.1. The summed E-state index contributed by atoms with van der Waals surface area (Å²) >= 11 is 0. The number of rotatable bonds is 3. The first-order valence-corrected chi connectivity index (χ1v) is 7.01. The van der Waals surface area contributed by atoms with Gasteiger partial charge in [0.1, 0.15) is 11.4 Å². The fourth-order valence-corrected chi connectivity index (χ4v) is 3.47. The van der Waals surface area contributed by atoms with Crippen molar-refractivity contribution in [2.75, 3.05) is 5.32 Å². The molecule has 2 unspecified atom stereocenters. The molecule has 0 radical (unpaired) electrons. The Morgan fingerprint density at radius 2 is 2.10 bits per heavy atom. The SMILES string of the molecule is CC1CC(Nc2ccc(O)cc2[N+](=O)[O-])CC(C)(C)C1. The van der Waals surface area contributed by atoms with E-state index < -0.39 is 4.92 Å². The van der Waals surface area contributed by atoms with Gasteiger partial charge in [-0.3, -0.25) is 10.1 Å². The number of benzene rings is 1. The third kappa shape index (κ3) is 3.40. The second-order valence-electron chi connectivity index (χ2n) is 6.71. The van der Waals surface area contributed by atoms with Crippen LogP contribution in [0.5, 0.6) is 5.75 Å². The number of nitro groups is 1. The summed E-state index contributed by atoms with van der Waals surface area (Å²) in [6.07, 6.45) is 3.19. The normalized spacial score (nSPS) is 25.1. The standard InChI is InChI=1S/C15H22N2O3/c1-10-6-11(9-15(2,3)8-10)16-13-5-4-12(18)7-14(13)17(19)20/h4-5,7,10-11,16,18H,6,8-9H2,1-3H3. The summed E-state index contributed by atoms with van der Waals surface area (Å²) in [5.41, 5.74) is 0.671. The van der Waals surface area contributed by atoms with Crippen LogP contribution in [0, 0.1) is 21.4 Å². The van der Waals surface area contributed by atoms with Gasteiger partial charge >= 0.3 is 0 Å². The van der Waals surface area contributed by atoms with Gasteiger partial charge in [0.25, 0.3) is 5.69 Å². The Balaban J connectivity index is 2.19. The number of hydrogen-bond acceptors (Lipinski definition) is 4. The van der Waals surface area contributed by atoms with Crippen LogP contribution in [-0.4, -0.2) is 16.1 Å². The Hall–Kier alpha value is -1.78. The number of nitrogens with one attached hydrogen (secondary N) is 1. The van der Waals surface area contributed by atoms with Crippen LogP contribution in [0.2, 0.25) is 0 Å². The van der Waals surface area contributed by atoms with Crippen molar-refractivity contribution in [3.05, 3.63) is 28.3 Å². The molecule has 1 aliphatic rings. The molecule has 1 fully saturated rings. The van der Waals surface area contributed by atoms with Gasteiger partial charge < -0.3 is 10.4 Å². The summed E-state index contributed by atoms with van der Waals surface area (Å²) in [7, 11) is 0. The fourth-order valence-electron chi connectivity index (χ4n) is 3.47. The highest BCUT2D eigenvalue weighted by Gasteiger charge is 2.32. The van der Waals surface area contributed by atoms with Crippen molar-refractivity contribution < 1.29 is 10.0 Å². The predicted octanol–water partition coefficient (Wildman–Crippen LogP) is 3.93. The van der Waals surface area contributed by atoms with Crippen molar-refractivity contribution in [3.63, 3.8) is 0 Å². The van der Waals surface area contributed by atoms with E-state index in [1.54, 1.807) is 6.07 Å². The average molecular weight is 278 g/mol. The van der Waals surface area contributed by atoms with E-state index in [-0.39, 0.29) is 22.9 Å². The number of nitrogens with zero attached hydrogens (tertiary/aromatic N) is 1. The lowest BCUT2D eigenvalue weighted by atomic mass is 9.70. The number of phenols is 1. The van der Waals surface area contributed by atoms with Gasteiger partial charge in [0.15, 0.2) is 0 Å². The minimum absolute atomic E-state index is 0.0685. The number of nitro benzene ring substituents is 1. The monoisotopic (exact) mass is 278 g/mol. The summed E-state index contributed by atoms with van der Waals surface area (Å²) in [4.78, 5) is 10.6. The average Bonchev–Trinajstić information content (AvgIpc) is 2.28. The zero-order valence-corrected chi connectivity index (χ0v) is 12.2. The molecule has 5 nitrogen and oxygen atoms in total. The van der Waals surface area contributed by atoms with Crippen LogP contribution in [-0.2, 0) is 0 Å². The van der Waals surface area contributed by atoms with Crippen molar-refractivity contribution in [1.29, 1.82) is 0 Å². The van der Waals surface area contributed by atoms with E-state index in [2.05, 4.69) is 26.1 Å². The molecule has 0 amide bonds. The van der Waals surface area contributed by atoms with Gasteiger partial charge in [0, 0.05) is 6.04 Å². The lowest BCUT2D eigenvalue weighted by Crippen LogP contribution is -2.35. The fraction of sp³-hybridized carbons (Fsp3) is 0.600. The van der Waals surface area contributed by atoms with Crippen LogP contribution in [0.25, 0.3) is 0 Å². The maximum atomic E-state index is 11.1. The van der Waals surface area contributed by atoms with Gasteiger partial charge in [-0.2, -0.15) is 0 Å². The minimum atomic E-state index is -0.459. The van der Waals surface area contributed by atoms with E-state index in [9.17, 15) is 15.2 Å². The highest BCUT2D eigenvalue weighted by Crippen LogP contribution is 2.40. The number of aromatic hydroxyl groups is 1. The molecule has 20 heavy (non-hydrogen) atoms. The highest BCUT2D eigenvalue weighted by molar-refractivity contribution is 5.64. The van der Waals surface area contributed by atoms with E-state index >= 15 is 0 Å². The number of anilines is 1. The van der Waals surface area contributed by atoms with E-state index in [0.29, 0.717) is 11.6 Å². The first kappa shape index (κ1) is 14.6. The van der Waals surface area contributed by atoms with Gasteiger partial charge in [-0.1, -0.05) is 20.8 Å². The minimum Gasteiger partial charge on any atom is -0.508 e. The highest BCUT2D eigenvalue weighted by atomic mass is 16.6. The molecule has 1 saturated carbocycles. The third-order valence-electron chi connectivity index (χ3n) is 3.92. The van der Waals surface area contributed by atoms with Crippen LogP contribution in [0.15, 0.2) is 18.2 Å². The van der Waals surface area contributed by atoms with Crippen LogP contribution in [0.3, 0.4) is 0 Å². The van der Waals surface area contributed by atoms with Gasteiger partial charge in [-0.15, -0.1) is 0 Å². The van der Waals surface area contributed by atoms with Gasteiger partial charge in [0.2, 0.25) is 0 Å². The molecule has 2 atom stereocenters. The van der Waals surface area contributed by atoms with Gasteiger partial charge in [0.05, 0.1) is 11.0 Å². The van der Waals surface area contributed by atoms with Crippen molar-refractivity contribution >= 4 is 11.4 Å². The third-order valence-corrected chi connectivity index (χ3v) is 3.92. The van der Waals surface area contributed by atoms with Crippen LogP contribution in [0.1, 0.15) is 40.0 Å². The van der Waals surface area contributed by atoms with Gasteiger partial charge in [-0.05, 0) is 42.7 Å². The zero-order valence-electron chi connectivity index (χ0n) is 12.2. The second-order valence-corrected chi connectivity index (χ2v) is 6.71. The molecule has 0 aliphatic heterocycles. The molecule has 0 bridgehead atoms. The zero-order chi connectivity index (χ0) is 14.9. The molecular formula is C15H22N2O3. The maximum Gasteiger partial charge on any atom is 0.296 e. The molecule has 0 saturated heterocycles. The van der Waals surface area contributed by atoms with E-state index in [1.165, 1.54) is 18.6 Å². The van der Waals surface area contributed by atoms with Crippen LogP contribution >= 0.6 is 0 Å². The van der Waals surface area contributed by atoms with Crippen LogP contribution < -0.4 is 5.32 Å². The second kappa shape index (κ2) is 5.31. The van der Waals surface area contributed by atoms with Crippen molar-refractivity contribution in [2.45, 2.75) is 46.1 Å². The van der Waals surface area contributed by atoms with Gasteiger partial charge in [-0.25, -0.2) is 0 Å². The Morgan fingerprint density at radius 3 is 2.70 bits per heavy atom. The molecule has 2 rings (SSSR count). The molecule has 110 valence electrons. The molecule has 1 aromatic rings. The van der Waals surface area contributed by atoms with Crippen molar-refractivity contribution in [3.8, 4) is 5.75 Å². The smallest absolute Gasteiger partial charge is 0.296 e. The van der Waals surface area contributed by atoms with Crippen molar-refractivity contribution in [2.24, 2.45) is 11.3 Å². The first-order chi connectivity index (χ1) is 9.27. The molecule has 0 aromatic heterocycles. The summed E-state index contributed by atoms with van der Waals surface area (Å²) in [5.74, 6) is 0.520. The summed E-state index contributed by atoms with van der Waals surface area (Å²) in [5, 5.41) is 23.7. The molecule has 1 aromatic carbocycles. The Bertz CT molecular complexity index is 514. The van der Waals surface area contributed by atoms with E-state index in [0.717, 1.165) is 12.8 Å². The Morgan fingerprint density at radius 1 is 1.40 bits per heavy atom. The molecule has 0 spiro atoms. The number of phenolic OH excluding ortho intramolecular Hbond substituents is 1. The van der Waals surface area contributed by atoms with Crippen LogP contribution in [0.4, 0.5) is 11.4 Å². The summed E-state index contributed by atoms with van der Waals surface area (Å²) in [6, 6.07) is 4.49. The molecule has 1 aliphatic carbocycles. The Kier molecular flexibility index (Phi) is 3.88. The predicted molar refractivity (Wildman–Crippen MR) is 79.0 cm³/mol. The quantitative estimate of drug-likeness (QED) is 0.499. The topological polar surface area (TPSA) is 75.4 Å². The summed E-state index contributed by atoms with van der Waals surface area (Å²) in [6.45, 7) is 6.70. The molecule has 5 heteroatoms. The lowest BCUT2D eigenvalue weighted by Gasteiger charge is -2.39. The van der Waals surface area contributed by atoms with Crippen molar-refractivity contribution in [1.82, 2.24) is 0 Å². The molecule has 2 N–H and O–H groups in total. The van der Waals surface area contributed by atoms with E-state index in [4.69, 9.17) is 0 Å².